The van der Waals surface area contributed by atoms with Crippen LogP contribution in [-0.2, 0) is 11.2 Å². The molecule has 2 N–H and O–H groups in total. The van der Waals surface area contributed by atoms with Gasteiger partial charge in [0, 0.05) is 5.92 Å². The zero-order chi connectivity index (χ0) is 15.5. The van der Waals surface area contributed by atoms with Crippen molar-refractivity contribution in [3.63, 3.8) is 0 Å². The molecule has 0 radical (unpaired) electrons. The highest BCUT2D eigenvalue weighted by molar-refractivity contribution is 5.68. The summed E-state index contributed by atoms with van der Waals surface area (Å²) in [6.07, 6.45) is 8.66. The molecule has 3 heteroatoms. The second kappa shape index (κ2) is 10.4. The predicted octanol–water partition coefficient (Wildman–Crippen LogP) is 4.14. The summed E-state index contributed by atoms with van der Waals surface area (Å²) in [6.45, 7) is 2.10. The lowest BCUT2D eigenvalue weighted by molar-refractivity contribution is -0.137. The van der Waals surface area contributed by atoms with E-state index < -0.39 is 5.97 Å². The Balaban J connectivity index is 2.45. The Bertz CT molecular complexity index is 415. The third-order valence-electron chi connectivity index (χ3n) is 3.88. The van der Waals surface area contributed by atoms with Crippen molar-refractivity contribution in [1.29, 1.82) is 0 Å². The maximum Gasteiger partial charge on any atom is 0.304 e. The predicted molar refractivity (Wildman–Crippen MR) is 85.6 cm³/mol. The van der Waals surface area contributed by atoms with Gasteiger partial charge in [0.1, 0.15) is 0 Å². The summed E-state index contributed by atoms with van der Waals surface area (Å²) in [5, 5.41) is 18.2. The van der Waals surface area contributed by atoms with Crippen LogP contribution < -0.4 is 0 Å². The van der Waals surface area contributed by atoms with Gasteiger partial charge in [-0.2, -0.15) is 0 Å². The maximum atomic E-state index is 10.8. The first kappa shape index (κ1) is 17.7. The van der Waals surface area contributed by atoms with E-state index in [0.717, 1.165) is 12.0 Å². The lowest BCUT2D eigenvalue weighted by Gasteiger charge is -2.13. The Morgan fingerprint density at radius 1 is 1.14 bits per heavy atom. The summed E-state index contributed by atoms with van der Waals surface area (Å²) in [7, 11) is 0. The molecule has 118 valence electrons. The molecular weight excluding hydrogens is 264 g/mol. The van der Waals surface area contributed by atoms with E-state index in [1.807, 2.05) is 12.1 Å². The van der Waals surface area contributed by atoms with Crippen LogP contribution in [0.5, 0.6) is 0 Å². The summed E-state index contributed by atoms with van der Waals surface area (Å²) >= 11 is 0. The SMILES string of the molecule is CCCCCCCCc1cccc(C(CO)CC(=O)O)c1. The van der Waals surface area contributed by atoms with Gasteiger partial charge in [-0.05, 0) is 24.0 Å². The van der Waals surface area contributed by atoms with Crippen molar-refractivity contribution in [2.24, 2.45) is 0 Å². The smallest absolute Gasteiger partial charge is 0.304 e. The molecule has 1 aromatic rings. The van der Waals surface area contributed by atoms with Crippen LogP contribution in [0.2, 0.25) is 0 Å². The number of hydrogen-bond acceptors (Lipinski definition) is 2. The second-order valence-electron chi connectivity index (χ2n) is 5.74. The van der Waals surface area contributed by atoms with E-state index in [4.69, 9.17) is 5.11 Å². The molecule has 0 aromatic heterocycles. The summed E-state index contributed by atoms with van der Waals surface area (Å²) in [5.74, 6) is -1.16. The standard InChI is InChI=1S/C18H28O3/c1-2-3-4-5-6-7-9-15-10-8-11-16(12-15)17(14-19)13-18(20)21/h8,10-12,17,19H,2-7,9,13-14H2,1H3,(H,20,21). The maximum absolute atomic E-state index is 10.8. The molecule has 0 bridgehead atoms. The Kier molecular flexibility index (Phi) is 8.76. The van der Waals surface area contributed by atoms with Crippen LogP contribution in [-0.4, -0.2) is 22.8 Å². The Morgan fingerprint density at radius 3 is 2.52 bits per heavy atom. The van der Waals surface area contributed by atoms with E-state index in [-0.39, 0.29) is 18.9 Å². The Labute approximate surface area is 128 Å². The molecule has 0 aliphatic rings. The number of aryl methyl sites for hydroxylation is 1. The van der Waals surface area contributed by atoms with Crippen LogP contribution >= 0.6 is 0 Å². The van der Waals surface area contributed by atoms with Crippen molar-refractivity contribution in [1.82, 2.24) is 0 Å². The molecule has 1 unspecified atom stereocenters. The number of carboxylic acid groups (broad SMARTS) is 1. The molecular formula is C18H28O3. The first-order valence-electron chi connectivity index (χ1n) is 8.08. The summed E-state index contributed by atoms with van der Waals surface area (Å²) in [4.78, 5) is 10.8. The largest absolute Gasteiger partial charge is 0.481 e. The van der Waals surface area contributed by atoms with Crippen molar-refractivity contribution < 1.29 is 15.0 Å². The van der Waals surface area contributed by atoms with Crippen LogP contribution in [0.15, 0.2) is 24.3 Å². The number of unbranched alkanes of at least 4 members (excludes halogenated alkanes) is 5. The zero-order valence-electron chi connectivity index (χ0n) is 13.1. The van der Waals surface area contributed by atoms with Crippen molar-refractivity contribution >= 4 is 5.97 Å². The van der Waals surface area contributed by atoms with E-state index in [1.165, 1.54) is 44.1 Å². The highest BCUT2D eigenvalue weighted by Gasteiger charge is 2.14. The number of aliphatic hydroxyl groups excluding tert-OH is 1. The monoisotopic (exact) mass is 292 g/mol. The minimum absolute atomic E-state index is 0.0169. The number of carbonyl (C=O) groups is 1. The quantitative estimate of drug-likeness (QED) is 0.603. The highest BCUT2D eigenvalue weighted by Crippen LogP contribution is 2.21. The molecule has 0 saturated heterocycles. The molecule has 1 aromatic carbocycles. The van der Waals surface area contributed by atoms with Crippen LogP contribution in [0, 0.1) is 0 Å². The molecule has 0 aliphatic heterocycles. The van der Waals surface area contributed by atoms with E-state index >= 15 is 0 Å². The van der Waals surface area contributed by atoms with Crippen LogP contribution in [0.3, 0.4) is 0 Å². The first-order chi connectivity index (χ1) is 10.2. The van der Waals surface area contributed by atoms with Gasteiger partial charge >= 0.3 is 5.97 Å². The number of rotatable bonds is 11. The average molecular weight is 292 g/mol. The van der Waals surface area contributed by atoms with E-state index in [2.05, 4.69) is 19.1 Å². The van der Waals surface area contributed by atoms with Gasteiger partial charge in [-0.1, -0.05) is 63.3 Å². The molecule has 0 spiro atoms. The summed E-state index contributed by atoms with van der Waals surface area (Å²) in [5.41, 5.74) is 2.18. The summed E-state index contributed by atoms with van der Waals surface area (Å²) in [6, 6.07) is 8.02. The third kappa shape index (κ3) is 7.28. The third-order valence-corrected chi connectivity index (χ3v) is 3.88. The van der Waals surface area contributed by atoms with E-state index in [0.29, 0.717) is 0 Å². The fourth-order valence-electron chi connectivity index (χ4n) is 2.61. The normalized spacial score (nSPS) is 12.3. The molecule has 0 heterocycles. The van der Waals surface area contributed by atoms with E-state index in [1.54, 1.807) is 0 Å². The number of aliphatic carboxylic acids is 1. The average Bonchev–Trinajstić information content (AvgIpc) is 2.48. The number of carboxylic acids is 1. The fourth-order valence-corrected chi connectivity index (χ4v) is 2.61. The van der Waals surface area contributed by atoms with Gasteiger partial charge in [0.15, 0.2) is 0 Å². The molecule has 0 aliphatic carbocycles. The lowest BCUT2D eigenvalue weighted by atomic mass is 9.94. The minimum atomic E-state index is -0.865. The molecule has 0 saturated carbocycles. The van der Waals surface area contributed by atoms with Crippen molar-refractivity contribution in [2.45, 2.75) is 64.2 Å². The number of aliphatic hydroxyl groups is 1. The second-order valence-corrected chi connectivity index (χ2v) is 5.74. The van der Waals surface area contributed by atoms with Gasteiger partial charge < -0.3 is 10.2 Å². The first-order valence-corrected chi connectivity index (χ1v) is 8.08. The molecule has 1 atom stereocenters. The van der Waals surface area contributed by atoms with Crippen LogP contribution in [0.25, 0.3) is 0 Å². The highest BCUT2D eigenvalue weighted by atomic mass is 16.4. The Hall–Kier alpha value is -1.35. The van der Waals surface area contributed by atoms with Gasteiger partial charge in [-0.15, -0.1) is 0 Å². The van der Waals surface area contributed by atoms with Gasteiger partial charge in [0.25, 0.3) is 0 Å². The molecule has 0 fully saturated rings. The number of benzene rings is 1. The molecule has 3 nitrogen and oxygen atoms in total. The zero-order valence-corrected chi connectivity index (χ0v) is 13.1. The van der Waals surface area contributed by atoms with Gasteiger partial charge in [0.2, 0.25) is 0 Å². The molecule has 0 amide bonds. The fraction of sp³-hybridized carbons (Fsp3) is 0.611. The van der Waals surface area contributed by atoms with Crippen molar-refractivity contribution in [3.05, 3.63) is 35.4 Å². The summed E-state index contributed by atoms with van der Waals surface area (Å²) < 4.78 is 0. The van der Waals surface area contributed by atoms with Gasteiger partial charge in [-0.25, -0.2) is 0 Å². The van der Waals surface area contributed by atoms with Gasteiger partial charge in [0.05, 0.1) is 13.0 Å². The van der Waals surface area contributed by atoms with E-state index in [9.17, 15) is 9.90 Å². The van der Waals surface area contributed by atoms with Crippen LogP contribution in [0.4, 0.5) is 0 Å². The van der Waals surface area contributed by atoms with Crippen molar-refractivity contribution in [3.8, 4) is 0 Å². The Morgan fingerprint density at radius 2 is 1.86 bits per heavy atom. The molecule has 21 heavy (non-hydrogen) atoms. The van der Waals surface area contributed by atoms with Gasteiger partial charge in [-0.3, -0.25) is 4.79 Å². The molecule has 1 rings (SSSR count). The topological polar surface area (TPSA) is 57.5 Å². The minimum Gasteiger partial charge on any atom is -0.481 e. The lowest BCUT2D eigenvalue weighted by Crippen LogP contribution is -2.10. The van der Waals surface area contributed by atoms with Crippen LogP contribution in [0.1, 0.15) is 68.9 Å². The van der Waals surface area contributed by atoms with Crippen molar-refractivity contribution in [2.75, 3.05) is 6.61 Å². The number of hydrogen-bond donors (Lipinski definition) is 2.